The van der Waals surface area contributed by atoms with E-state index in [1.165, 1.54) is 38.5 Å². The van der Waals surface area contributed by atoms with Crippen molar-refractivity contribution < 1.29 is 4.42 Å². The lowest BCUT2D eigenvalue weighted by atomic mass is 9.98. The van der Waals surface area contributed by atoms with Crippen molar-refractivity contribution in [3.05, 3.63) is 243 Å². The van der Waals surface area contributed by atoms with Gasteiger partial charge in [-0.05, 0) is 129 Å². The molecule has 0 atom stereocenters. The van der Waals surface area contributed by atoms with Crippen molar-refractivity contribution in [1.82, 2.24) is 4.57 Å². The average molecular weight is 805 g/mol. The van der Waals surface area contributed by atoms with E-state index >= 15 is 0 Å². The molecule has 0 amide bonds. The molecule has 2 heterocycles. The molecule has 10 aromatic carbocycles. The van der Waals surface area contributed by atoms with Crippen LogP contribution in [0.2, 0.25) is 0 Å². The summed E-state index contributed by atoms with van der Waals surface area (Å²) in [7, 11) is 0. The highest BCUT2D eigenvalue weighted by molar-refractivity contribution is 6.09. The molecular formula is C60H40N2O. The topological polar surface area (TPSA) is 21.3 Å². The van der Waals surface area contributed by atoms with Crippen LogP contribution in [0, 0.1) is 0 Å². The number of hydrogen-bond donors (Lipinski definition) is 0. The Morgan fingerprint density at radius 3 is 1.41 bits per heavy atom. The summed E-state index contributed by atoms with van der Waals surface area (Å²) in [6.45, 7) is 0. The summed E-state index contributed by atoms with van der Waals surface area (Å²) in [5.74, 6) is 0. The third-order valence-electron chi connectivity index (χ3n) is 12.4. The fourth-order valence-electron chi connectivity index (χ4n) is 9.34. The molecular weight excluding hydrogens is 765 g/mol. The van der Waals surface area contributed by atoms with Crippen LogP contribution in [0.15, 0.2) is 247 Å². The Bertz CT molecular complexity index is 3580. The monoisotopic (exact) mass is 804 g/mol. The van der Waals surface area contributed by atoms with Crippen LogP contribution in [0.3, 0.4) is 0 Å². The van der Waals surface area contributed by atoms with Gasteiger partial charge in [0.2, 0.25) is 0 Å². The fraction of sp³-hybridized carbons (Fsp3) is 0. The van der Waals surface area contributed by atoms with Gasteiger partial charge in [0.1, 0.15) is 11.2 Å². The van der Waals surface area contributed by atoms with Crippen LogP contribution in [0.25, 0.3) is 93.9 Å². The molecule has 0 aliphatic heterocycles. The van der Waals surface area contributed by atoms with Gasteiger partial charge in [0, 0.05) is 44.3 Å². The molecule has 0 saturated heterocycles. The van der Waals surface area contributed by atoms with E-state index in [9.17, 15) is 0 Å². The Kier molecular flexibility index (Phi) is 8.83. The molecule has 63 heavy (non-hydrogen) atoms. The summed E-state index contributed by atoms with van der Waals surface area (Å²) in [6.07, 6.45) is 0. The molecule has 12 aromatic rings. The number of rotatable bonds is 8. The average Bonchev–Trinajstić information content (AvgIpc) is 3.90. The van der Waals surface area contributed by atoms with Crippen molar-refractivity contribution in [3.8, 4) is 50.2 Å². The van der Waals surface area contributed by atoms with Gasteiger partial charge in [0.05, 0.1) is 11.0 Å². The second-order valence-corrected chi connectivity index (χ2v) is 16.2. The fourth-order valence-corrected chi connectivity index (χ4v) is 9.34. The van der Waals surface area contributed by atoms with Crippen LogP contribution in [0.4, 0.5) is 17.1 Å². The maximum Gasteiger partial charge on any atom is 0.136 e. The summed E-state index contributed by atoms with van der Waals surface area (Å²) in [5.41, 5.74) is 17.8. The lowest BCUT2D eigenvalue weighted by molar-refractivity contribution is 0.669. The van der Waals surface area contributed by atoms with Crippen LogP contribution in [-0.2, 0) is 0 Å². The number of para-hydroxylation sites is 3. The maximum atomic E-state index is 6.32. The molecule has 2 aromatic heterocycles. The third-order valence-corrected chi connectivity index (χ3v) is 12.4. The molecule has 0 fully saturated rings. The summed E-state index contributed by atoms with van der Waals surface area (Å²) in [4.78, 5) is 2.37. The van der Waals surface area contributed by atoms with Crippen molar-refractivity contribution in [3.63, 3.8) is 0 Å². The second-order valence-electron chi connectivity index (χ2n) is 16.2. The molecule has 0 N–H and O–H groups in total. The van der Waals surface area contributed by atoms with E-state index in [4.69, 9.17) is 4.42 Å². The number of benzene rings is 10. The Balaban J connectivity index is 0.952. The number of furan rings is 1. The molecule has 0 spiro atoms. The van der Waals surface area contributed by atoms with Crippen molar-refractivity contribution in [2.75, 3.05) is 4.90 Å². The quantitative estimate of drug-likeness (QED) is 0.153. The van der Waals surface area contributed by atoms with Crippen molar-refractivity contribution in [2.24, 2.45) is 0 Å². The highest BCUT2D eigenvalue weighted by atomic mass is 16.3. The lowest BCUT2D eigenvalue weighted by Crippen LogP contribution is -2.10. The minimum absolute atomic E-state index is 0.888. The van der Waals surface area contributed by atoms with Crippen molar-refractivity contribution in [1.29, 1.82) is 0 Å². The van der Waals surface area contributed by atoms with Crippen LogP contribution < -0.4 is 4.90 Å². The minimum atomic E-state index is 0.888. The molecule has 0 aliphatic rings. The smallest absolute Gasteiger partial charge is 0.136 e. The van der Waals surface area contributed by atoms with E-state index < -0.39 is 0 Å². The Morgan fingerprint density at radius 1 is 0.270 bits per heavy atom. The molecule has 3 heteroatoms. The zero-order valence-corrected chi connectivity index (χ0v) is 34.4. The van der Waals surface area contributed by atoms with Gasteiger partial charge in [-0.15, -0.1) is 0 Å². The van der Waals surface area contributed by atoms with E-state index in [0.717, 1.165) is 72.5 Å². The number of nitrogens with zero attached hydrogens (tertiary/aromatic N) is 2. The van der Waals surface area contributed by atoms with Gasteiger partial charge in [-0.2, -0.15) is 0 Å². The summed E-state index contributed by atoms with van der Waals surface area (Å²) in [6, 6.07) is 87.2. The van der Waals surface area contributed by atoms with Crippen LogP contribution in [0.5, 0.6) is 0 Å². The standard InChI is InChI=1S/C60H40N2O/c1-2-14-41(15-3-1)43-16-10-17-44(36-43)46-19-12-21-50(38-46)61(51-22-13-20-47(39-51)48-32-35-56-55-26-6-9-29-59(55)63-60(56)40-48)49-33-30-42(31-34-49)45-18-11-23-52(37-45)62-57-27-7-4-24-53(57)54-25-5-8-28-58(54)62/h1-40H. The lowest BCUT2D eigenvalue weighted by Gasteiger charge is -2.27. The van der Waals surface area contributed by atoms with Gasteiger partial charge in [0.15, 0.2) is 0 Å². The van der Waals surface area contributed by atoms with Crippen LogP contribution in [0.1, 0.15) is 0 Å². The molecule has 0 saturated carbocycles. The van der Waals surface area contributed by atoms with Gasteiger partial charge in [-0.3, -0.25) is 0 Å². The molecule has 0 aliphatic carbocycles. The number of anilines is 3. The first-order valence-electron chi connectivity index (χ1n) is 21.5. The first-order valence-corrected chi connectivity index (χ1v) is 21.5. The van der Waals surface area contributed by atoms with Gasteiger partial charge in [0.25, 0.3) is 0 Å². The zero-order chi connectivity index (χ0) is 41.7. The predicted molar refractivity (Wildman–Crippen MR) is 264 cm³/mol. The summed E-state index contributed by atoms with van der Waals surface area (Å²) < 4.78 is 8.71. The second kappa shape index (κ2) is 15.3. The zero-order valence-electron chi connectivity index (χ0n) is 34.4. The first kappa shape index (κ1) is 36.5. The SMILES string of the molecule is c1ccc(-c2cccc(-c3cccc(N(c4ccc(-c5cccc(-n6c7ccccc7c7ccccc76)c5)cc4)c4cccc(-c5ccc6c(c5)oc5ccccc56)c4)c3)c2)cc1. The van der Waals surface area contributed by atoms with Crippen LogP contribution >= 0.6 is 0 Å². The molecule has 0 bridgehead atoms. The van der Waals surface area contributed by atoms with Gasteiger partial charge in [-0.1, -0.05) is 158 Å². The van der Waals surface area contributed by atoms with Gasteiger partial charge in [-0.25, -0.2) is 0 Å². The summed E-state index contributed by atoms with van der Waals surface area (Å²) in [5, 5.41) is 4.78. The number of hydrogen-bond acceptors (Lipinski definition) is 2. The van der Waals surface area contributed by atoms with Crippen molar-refractivity contribution >= 4 is 60.8 Å². The van der Waals surface area contributed by atoms with Gasteiger partial charge >= 0.3 is 0 Å². The molecule has 12 rings (SSSR count). The highest BCUT2D eigenvalue weighted by Crippen LogP contribution is 2.41. The Labute approximate surface area is 366 Å². The van der Waals surface area contributed by atoms with E-state index in [1.807, 2.05) is 12.1 Å². The van der Waals surface area contributed by atoms with Crippen molar-refractivity contribution in [2.45, 2.75) is 0 Å². The third kappa shape index (κ3) is 6.55. The largest absolute Gasteiger partial charge is 0.456 e. The normalized spacial score (nSPS) is 11.5. The van der Waals surface area contributed by atoms with E-state index in [2.05, 4.69) is 240 Å². The van der Waals surface area contributed by atoms with Crippen LogP contribution in [-0.4, -0.2) is 4.57 Å². The van der Waals surface area contributed by atoms with E-state index in [0.29, 0.717) is 0 Å². The maximum absolute atomic E-state index is 6.32. The van der Waals surface area contributed by atoms with Gasteiger partial charge < -0.3 is 13.9 Å². The van der Waals surface area contributed by atoms with E-state index in [-0.39, 0.29) is 0 Å². The predicted octanol–water partition coefficient (Wildman–Crippen LogP) is 16.8. The minimum Gasteiger partial charge on any atom is -0.456 e. The molecule has 0 radical (unpaired) electrons. The van der Waals surface area contributed by atoms with E-state index in [1.54, 1.807) is 0 Å². The highest BCUT2D eigenvalue weighted by Gasteiger charge is 2.17. The first-order chi connectivity index (χ1) is 31.2. The summed E-state index contributed by atoms with van der Waals surface area (Å²) >= 11 is 0. The Morgan fingerprint density at radius 2 is 0.730 bits per heavy atom. The molecule has 296 valence electrons. The number of fused-ring (bicyclic) bond motifs is 6. The molecule has 0 unspecified atom stereocenters. The number of aromatic nitrogens is 1. The Hall–Kier alpha value is -8.40. The molecule has 3 nitrogen and oxygen atoms in total.